The summed E-state index contributed by atoms with van der Waals surface area (Å²) in [5, 5.41) is 10.0. The van der Waals surface area contributed by atoms with E-state index in [0.29, 0.717) is 51.2 Å². The van der Waals surface area contributed by atoms with Crippen LogP contribution >= 0.6 is 11.8 Å². The highest BCUT2D eigenvalue weighted by atomic mass is 32.2. The Morgan fingerprint density at radius 1 is 1.03 bits per heavy atom. The number of rotatable bonds is 7. The molecule has 1 heterocycles. The zero-order chi connectivity index (χ0) is 21.6. The van der Waals surface area contributed by atoms with Crippen molar-refractivity contribution in [1.29, 1.82) is 5.26 Å². The summed E-state index contributed by atoms with van der Waals surface area (Å²) in [5.74, 6) is 1.95. The maximum absolute atomic E-state index is 13.3. The van der Waals surface area contributed by atoms with Crippen molar-refractivity contribution in [1.82, 2.24) is 9.55 Å². The summed E-state index contributed by atoms with van der Waals surface area (Å²) >= 11 is 1.44. The summed E-state index contributed by atoms with van der Waals surface area (Å²) < 4.78 is 12.7. The van der Waals surface area contributed by atoms with E-state index in [1.807, 2.05) is 42.5 Å². The van der Waals surface area contributed by atoms with Crippen LogP contribution in [0.1, 0.15) is 5.56 Å². The minimum atomic E-state index is -0.130. The molecular weight excluding hydrogens is 410 g/mol. The maximum atomic E-state index is 13.3. The molecule has 0 aliphatic rings. The molecule has 4 aromatic rings. The van der Waals surface area contributed by atoms with E-state index in [-0.39, 0.29) is 5.56 Å². The van der Waals surface area contributed by atoms with Gasteiger partial charge in [-0.3, -0.25) is 9.36 Å². The van der Waals surface area contributed by atoms with Crippen LogP contribution in [-0.2, 0) is 0 Å². The molecule has 0 bridgehead atoms. The molecule has 154 valence electrons. The van der Waals surface area contributed by atoms with E-state index < -0.39 is 0 Å². The molecule has 0 N–H and O–H groups in total. The third kappa shape index (κ3) is 4.55. The van der Waals surface area contributed by atoms with Crippen LogP contribution in [0.5, 0.6) is 11.5 Å². The second kappa shape index (κ2) is 9.37. The summed E-state index contributed by atoms with van der Waals surface area (Å²) in [5.41, 5.74) is 1.80. The number of hydrogen-bond donors (Lipinski definition) is 0. The number of aromatic nitrogens is 2. The molecular formula is C24H19N3O3S. The average Bonchev–Trinajstić information content (AvgIpc) is 2.82. The Morgan fingerprint density at radius 3 is 2.61 bits per heavy atom. The topological polar surface area (TPSA) is 77.1 Å². The van der Waals surface area contributed by atoms with Crippen molar-refractivity contribution in [2.75, 3.05) is 19.5 Å². The second-order valence-electron chi connectivity index (χ2n) is 6.59. The number of fused-ring (bicyclic) bond motifs is 1. The number of hydrogen-bond acceptors (Lipinski definition) is 6. The van der Waals surface area contributed by atoms with Crippen molar-refractivity contribution in [3.05, 3.63) is 88.7 Å². The van der Waals surface area contributed by atoms with Gasteiger partial charge in [-0.25, -0.2) is 4.98 Å². The average molecular weight is 430 g/mol. The van der Waals surface area contributed by atoms with Gasteiger partial charge in [-0.2, -0.15) is 5.26 Å². The molecule has 0 spiro atoms. The number of methoxy groups -OCH3 is 1. The second-order valence-corrected chi connectivity index (χ2v) is 7.65. The Kier molecular flexibility index (Phi) is 6.20. The first-order valence-electron chi connectivity index (χ1n) is 9.61. The lowest BCUT2D eigenvalue weighted by Crippen LogP contribution is -2.22. The Labute approximate surface area is 183 Å². The van der Waals surface area contributed by atoms with Gasteiger partial charge in [0.2, 0.25) is 0 Å². The Morgan fingerprint density at radius 2 is 1.84 bits per heavy atom. The van der Waals surface area contributed by atoms with Gasteiger partial charge in [0.25, 0.3) is 5.56 Å². The number of nitrogens with zero attached hydrogens (tertiary/aromatic N) is 3. The number of para-hydroxylation sites is 1. The zero-order valence-electron chi connectivity index (χ0n) is 16.8. The molecule has 7 heteroatoms. The summed E-state index contributed by atoms with van der Waals surface area (Å²) in [4.78, 5) is 18.0. The van der Waals surface area contributed by atoms with E-state index in [1.165, 1.54) is 11.8 Å². The van der Waals surface area contributed by atoms with E-state index >= 15 is 0 Å². The van der Waals surface area contributed by atoms with Crippen molar-refractivity contribution < 1.29 is 9.47 Å². The van der Waals surface area contributed by atoms with Gasteiger partial charge in [-0.15, -0.1) is 0 Å². The predicted molar refractivity (Wildman–Crippen MR) is 121 cm³/mol. The minimum Gasteiger partial charge on any atom is -0.497 e. The quantitative estimate of drug-likeness (QED) is 0.246. The zero-order valence-corrected chi connectivity index (χ0v) is 17.6. The van der Waals surface area contributed by atoms with Gasteiger partial charge in [-0.1, -0.05) is 30.0 Å². The molecule has 0 saturated heterocycles. The Hall–Kier alpha value is -3.76. The molecule has 0 fully saturated rings. The monoisotopic (exact) mass is 429 g/mol. The normalized spacial score (nSPS) is 10.6. The summed E-state index contributed by atoms with van der Waals surface area (Å²) in [7, 11) is 1.59. The first-order chi connectivity index (χ1) is 15.2. The number of thioether (sulfide) groups is 1. The fraction of sp³-hybridized carbons (Fsp3) is 0.125. The van der Waals surface area contributed by atoms with Crippen molar-refractivity contribution in [2.24, 2.45) is 0 Å². The lowest BCUT2D eigenvalue weighted by atomic mass is 10.2. The molecule has 3 aromatic carbocycles. The first-order valence-corrected chi connectivity index (χ1v) is 10.6. The number of ether oxygens (including phenoxy) is 2. The van der Waals surface area contributed by atoms with Crippen LogP contribution in [0.15, 0.2) is 82.7 Å². The van der Waals surface area contributed by atoms with Gasteiger partial charge >= 0.3 is 0 Å². The smallest absolute Gasteiger partial charge is 0.266 e. The van der Waals surface area contributed by atoms with Gasteiger partial charge in [0.1, 0.15) is 11.5 Å². The Balaban J connectivity index is 1.61. The van der Waals surface area contributed by atoms with Crippen molar-refractivity contribution >= 4 is 22.7 Å². The van der Waals surface area contributed by atoms with Gasteiger partial charge in [0.05, 0.1) is 41.9 Å². The highest BCUT2D eigenvalue weighted by molar-refractivity contribution is 7.99. The summed E-state index contributed by atoms with van der Waals surface area (Å²) in [6, 6.07) is 23.7. The molecule has 1 aromatic heterocycles. The fourth-order valence-electron chi connectivity index (χ4n) is 3.10. The highest BCUT2D eigenvalue weighted by Gasteiger charge is 2.14. The Bertz CT molecular complexity index is 1310. The van der Waals surface area contributed by atoms with Crippen LogP contribution < -0.4 is 15.0 Å². The largest absolute Gasteiger partial charge is 0.497 e. The van der Waals surface area contributed by atoms with E-state index in [4.69, 9.17) is 19.7 Å². The maximum Gasteiger partial charge on any atom is 0.266 e. The van der Waals surface area contributed by atoms with Crippen molar-refractivity contribution in [3.63, 3.8) is 0 Å². The molecule has 0 unspecified atom stereocenters. The highest BCUT2D eigenvalue weighted by Crippen LogP contribution is 2.24. The molecule has 0 aliphatic heterocycles. The fourth-order valence-corrected chi connectivity index (χ4v) is 3.93. The molecule has 0 aliphatic carbocycles. The minimum absolute atomic E-state index is 0.130. The van der Waals surface area contributed by atoms with Crippen LogP contribution in [-0.4, -0.2) is 29.0 Å². The third-order valence-corrected chi connectivity index (χ3v) is 5.53. The lowest BCUT2D eigenvalue weighted by Gasteiger charge is -2.14. The number of nitriles is 1. The third-order valence-electron chi connectivity index (χ3n) is 4.62. The molecule has 0 saturated carbocycles. The summed E-state index contributed by atoms with van der Waals surface area (Å²) in [6.07, 6.45) is 0. The van der Waals surface area contributed by atoms with Crippen molar-refractivity contribution in [2.45, 2.75) is 5.16 Å². The van der Waals surface area contributed by atoms with Crippen LogP contribution in [0.4, 0.5) is 0 Å². The van der Waals surface area contributed by atoms with E-state index in [9.17, 15) is 4.79 Å². The van der Waals surface area contributed by atoms with Crippen LogP contribution in [0.2, 0.25) is 0 Å². The summed E-state index contributed by atoms with van der Waals surface area (Å²) in [6.45, 7) is 0.428. The van der Waals surface area contributed by atoms with E-state index in [2.05, 4.69) is 6.07 Å². The van der Waals surface area contributed by atoms with Gasteiger partial charge in [0.15, 0.2) is 5.16 Å². The SMILES string of the molecule is COc1cccc(-n2c(SCCOc3ccc(C#N)cc3)nc3ccccc3c2=O)c1. The van der Waals surface area contributed by atoms with Crippen LogP contribution in [0, 0.1) is 11.3 Å². The lowest BCUT2D eigenvalue weighted by molar-refractivity contribution is 0.344. The van der Waals surface area contributed by atoms with Crippen LogP contribution in [0.3, 0.4) is 0 Å². The van der Waals surface area contributed by atoms with Gasteiger partial charge < -0.3 is 9.47 Å². The number of benzene rings is 3. The predicted octanol–water partition coefficient (Wildman–Crippen LogP) is 4.44. The first kappa shape index (κ1) is 20.5. The molecule has 0 radical (unpaired) electrons. The molecule has 4 rings (SSSR count). The van der Waals surface area contributed by atoms with E-state index in [0.717, 1.165) is 0 Å². The van der Waals surface area contributed by atoms with E-state index in [1.54, 1.807) is 42.0 Å². The molecule has 0 amide bonds. The standard InChI is InChI=1S/C24H19N3O3S/c1-29-20-6-4-5-18(15-20)27-23(28)21-7-2-3-8-22(21)26-24(27)31-14-13-30-19-11-9-17(16-25)10-12-19/h2-12,15H,13-14H2,1H3. The molecule has 0 atom stereocenters. The van der Waals surface area contributed by atoms with Crippen molar-refractivity contribution in [3.8, 4) is 23.3 Å². The van der Waals surface area contributed by atoms with Crippen LogP contribution in [0.25, 0.3) is 16.6 Å². The molecule has 6 nitrogen and oxygen atoms in total. The van der Waals surface area contributed by atoms with Gasteiger partial charge in [-0.05, 0) is 48.5 Å². The van der Waals surface area contributed by atoms with Gasteiger partial charge in [0, 0.05) is 11.8 Å². The molecule has 31 heavy (non-hydrogen) atoms.